The van der Waals surface area contributed by atoms with Crippen LogP contribution < -0.4 is 5.32 Å². The number of aryl methyl sites for hydroxylation is 2. The summed E-state index contributed by atoms with van der Waals surface area (Å²) in [6.45, 7) is 0.670. The summed E-state index contributed by atoms with van der Waals surface area (Å²) in [4.78, 5) is 18.0. The highest BCUT2D eigenvalue weighted by molar-refractivity contribution is 7.14. The van der Waals surface area contributed by atoms with Gasteiger partial charge in [0.1, 0.15) is 0 Å². The number of hydrogen-bond acceptors (Lipinski definition) is 2. The largest absolute Gasteiger partial charge is 0.361 e. The van der Waals surface area contributed by atoms with E-state index in [9.17, 15) is 4.79 Å². The van der Waals surface area contributed by atoms with Crippen LogP contribution in [0.4, 0.5) is 0 Å². The highest BCUT2D eigenvalue weighted by atomic mass is 32.1. The summed E-state index contributed by atoms with van der Waals surface area (Å²) < 4.78 is 0. The predicted octanol–water partition coefficient (Wildman–Crippen LogP) is 4.47. The molecule has 3 nitrogen and oxygen atoms in total. The zero-order chi connectivity index (χ0) is 16.4. The van der Waals surface area contributed by atoms with Crippen molar-refractivity contribution in [3.05, 3.63) is 57.4 Å². The standard InChI is InChI=1S/C20H22N2OS/c23-20(19-12-14-6-2-1-3-9-18(14)24-19)21-11-10-15-13-22-17-8-5-4-7-16(15)17/h4-5,7-8,12-13,22H,1-3,6,9-11H2,(H,21,23). The number of carbonyl (C=O) groups excluding carboxylic acids is 1. The van der Waals surface area contributed by atoms with E-state index in [1.165, 1.54) is 40.7 Å². The molecule has 2 heterocycles. The lowest BCUT2D eigenvalue weighted by molar-refractivity contribution is 0.0958. The third kappa shape index (κ3) is 3.11. The van der Waals surface area contributed by atoms with Crippen molar-refractivity contribution >= 4 is 28.1 Å². The van der Waals surface area contributed by atoms with Crippen LogP contribution in [0.3, 0.4) is 0 Å². The first-order chi connectivity index (χ1) is 11.8. The maximum Gasteiger partial charge on any atom is 0.261 e. The molecule has 1 amide bonds. The van der Waals surface area contributed by atoms with Crippen LogP contribution in [0.1, 0.15) is 44.9 Å². The molecular weight excluding hydrogens is 316 g/mol. The van der Waals surface area contributed by atoms with Crippen LogP contribution in [-0.2, 0) is 19.3 Å². The quantitative estimate of drug-likeness (QED) is 0.677. The lowest BCUT2D eigenvalue weighted by atomic mass is 10.1. The van der Waals surface area contributed by atoms with Crippen molar-refractivity contribution < 1.29 is 4.79 Å². The second-order valence-corrected chi connectivity index (χ2v) is 7.62. The summed E-state index contributed by atoms with van der Waals surface area (Å²) in [5, 5.41) is 4.33. The van der Waals surface area contributed by atoms with Gasteiger partial charge in [-0.25, -0.2) is 0 Å². The number of fused-ring (bicyclic) bond motifs is 2. The van der Waals surface area contributed by atoms with Crippen LogP contribution in [0, 0.1) is 0 Å². The van der Waals surface area contributed by atoms with E-state index in [1.54, 1.807) is 11.3 Å². The number of thiophene rings is 1. The first-order valence-corrected chi connectivity index (χ1v) is 9.58. The van der Waals surface area contributed by atoms with Crippen LogP contribution in [0.2, 0.25) is 0 Å². The number of aromatic amines is 1. The van der Waals surface area contributed by atoms with E-state index in [4.69, 9.17) is 0 Å². The summed E-state index contributed by atoms with van der Waals surface area (Å²) in [6.07, 6.45) is 9.00. The molecule has 2 aromatic heterocycles. The normalized spacial score (nSPS) is 14.3. The number of benzene rings is 1. The van der Waals surface area contributed by atoms with Gasteiger partial charge >= 0.3 is 0 Å². The SMILES string of the molecule is O=C(NCCc1c[nH]c2ccccc12)c1cc2c(s1)CCCCC2. The van der Waals surface area contributed by atoms with Crippen LogP contribution >= 0.6 is 11.3 Å². The Hall–Kier alpha value is -2.07. The third-order valence-electron chi connectivity index (χ3n) is 4.83. The van der Waals surface area contributed by atoms with Crippen molar-refractivity contribution in [3.8, 4) is 0 Å². The van der Waals surface area contributed by atoms with Crippen LogP contribution in [0.5, 0.6) is 0 Å². The van der Waals surface area contributed by atoms with Gasteiger partial charge in [0.25, 0.3) is 5.91 Å². The maximum atomic E-state index is 12.4. The summed E-state index contributed by atoms with van der Waals surface area (Å²) in [5.74, 6) is 0.0768. The molecule has 0 bridgehead atoms. The second kappa shape index (κ2) is 6.81. The molecule has 24 heavy (non-hydrogen) atoms. The zero-order valence-electron chi connectivity index (χ0n) is 13.7. The molecule has 1 aliphatic carbocycles. The Labute approximate surface area is 146 Å². The molecule has 0 unspecified atom stereocenters. The Morgan fingerprint density at radius 1 is 1.17 bits per heavy atom. The van der Waals surface area contributed by atoms with Crippen molar-refractivity contribution in [1.29, 1.82) is 0 Å². The van der Waals surface area contributed by atoms with Gasteiger partial charge in [-0.3, -0.25) is 4.79 Å². The molecule has 2 N–H and O–H groups in total. The molecule has 0 aliphatic heterocycles. The van der Waals surface area contributed by atoms with Gasteiger partial charge in [-0.15, -0.1) is 11.3 Å². The van der Waals surface area contributed by atoms with Crippen molar-refractivity contribution in [2.45, 2.75) is 38.5 Å². The average Bonchev–Trinajstić information content (AvgIpc) is 3.13. The van der Waals surface area contributed by atoms with Gasteiger partial charge in [-0.2, -0.15) is 0 Å². The zero-order valence-corrected chi connectivity index (χ0v) is 14.5. The highest BCUT2D eigenvalue weighted by Gasteiger charge is 2.16. The van der Waals surface area contributed by atoms with E-state index in [0.717, 1.165) is 29.7 Å². The molecule has 1 aromatic carbocycles. The van der Waals surface area contributed by atoms with E-state index in [-0.39, 0.29) is 5.91 Å². The van der Waals surface area contributed by atoms with Gasteiger partial charge in [-0.1, -0.05) is 24.6 Å². The summed E-state index contributed by atoms with van der Waals surface area (Å²) in [6, 6.07) is 10.4. The topological polar surface area (TPSA) is 44.9 Å². The van der Waals surface area contributed by atoms with Gasteiger partial charge in [0.15, 0.2) is 0 Å². The molecule has 124 valence electrons. The summed E-state index contributed by atoms with van der Waals surface area (Å²) in [5.41, 5.74) is 3.81. The molecular formula is C20H22N2OS. The molecule has 0 radical (unpaired) electrons. The molecule has 0 atom stereocenters. The number of nitrogens with one attached hydrogen (secondary N) is 2. The lowest BCUT2D eigenvalue weighted by Crippen LogP contribution is -2.24. The van der Waals surface area contributed by atoms with Gasteiger partial charge in [-0.05, 0) is 55.4 Å². The van der Waals surface area contributed by atoms with E-state index in [0.29, 0.717) is 6.54 Å². The molecule has 3 aromatic rings. The monoisotopic (exact) mass is 338 g/mol. The van der Waals surface area contributed by atoms with E-state index >= 15 is 0 Å². The maximum absolute atomic E-state index is 12.4. The Balaban J connectivity index is 1.38. The molecule has 4 heteroatoms. The van der Waals surface area contributed by atoms with Gasteiger partial charge in [0, 0.05) is 28.5 Å². The average molecular weight is 338 g/mol. The predicted molar refractivity (Wildman–Crippen MR) is 99.9 cm³/mol. The fourth-order valence-corrected chi connectivity index (χ4v) is 4.69. The van der Waals surface area contributed by atoms with Crippen molar-refractivity contribution in [1.82, 2.24) is 10.3 Å². The van der Waals surface area contributed by atoms with Gasteiger partial charge in [0.2, 0.25) is 0 Å². The number of amides is 1. The van der Waals surface area contributed by atoms with Crippen molar-refractivity contribution in [2.75, 3.05) is 6.54 Å². The van der Waals surface area contributed by atoms with E-state index in [2.05, 4.69) is 34.6 Å². The summed E-state index contributed by atoms with van der Waals surface area (Å²) >= 11 is 1.69. The molecule has 1 aliphatic rings. The Morgan fingerprint density at radius 3 is 3.00 bits per heavy atom. The van der Waals surface area contributed by atoms with E-state index in [1.807, 2.05) is 12.3 Å². The number of carbonyl (C=O) groups is 1. The van der Waals surface area contributed by atoms with Crippen LogP contribution in [0.25, 0.3) is 10.9 Å². The van der Waals surface area contributed by atoms with Crippen molar-refractivity contribution in [2.24, 2.45) is 0 Å². The smallest absolute Gasteiger partial charge is 0.261 e. The number of para-hydroxylation sites is 1. The lowest BCUT2D eigenvalue weighted by Gasteiger charge is -2.03. The third-order valence-corrected chi connectivity index (χ3v) is 6.06. The fraction of sp³-hybridized carbons (Fsp3) is 0.350. The number of H-pyrrole nitrogens is 1. The Kier molecular flexibility index (Phi) is 4.39. The first-order valence-electron chi connectivity index (χ1n) is 8.76. The number of aromatic nitrogens is 1. The molecule has 0 spiro atoms. The summed E-state index contributed by atoms with van der Waals surface area (Å²) in [7, 11) is 0. The molecule has 0 saturated carbocycles. The van der Waals surface area contributed by atoms with Crippen molar-refractivity contribution in [3.63, 3.8) is 0 Å². The second-order valence-electron chi connectivity index (χ2n) is 6.49. The molecule has 0 fully saturated rings. The Bertz CT molecular complexity index is 838. The number of hydrogen-bond donors (Lipinski definition) is 2. The minimum atomic E-state index is 0.0768. The first kappa shape index (κ1) is 15.5. The van der Waals surface area contributed by atoms with Gasteiger partial charge < -0.3 is 10.3 Å². The minimum absolute atomic E-state index is 0.0768. The fourth-order valence-electron chi connectivity index (χ4n) is 3.52. The van der Waals surface area contributed by atoms with Gasteiger partial charge in [0.05, 0.1) is 4.88 Å². The van der Waals surface area contributed by atoms with Crippen LogP contribution in [0.15, 0.2) is 36.5 Å². The van der Waals surface area contributed by atoms with E-state index < -0.39 is 0 Å². The van der Waals surface area contributed by atoms with Crippen LogP contribution in [-0.4, -0.2) is 17.4 Å². The molecule has 0 saturated heterocycles. The highest BCUT2D eigenvalue weighted by Crippen LogP contribution is 2.29. The minimum Gasteiger partial charge on any atom is -0.361 e. The number of rotatable bonds is 4. The molecule has 4 rings (SSSR count). The Morgan fingerprint density at radius 2 is 2.04 bits per heavy atom.